The van der Waals surface area contributed by atoms with Gasteiger partial charge in [-0.05, 0) is 48.5 Å². The molecule has 0 saturated carbocycles. The summed E-state index contributed by atoms with van der Waals surface area (Å²) < 4.78 is 19.2. The molecule has 0 aromatic heterocycles. The summed E-state index contributed by atoms with van der Waals surface area (Å²) in [6, 6.07) is 20.9. The molecular formula is C22H18FN3O4. The van der Waals surface area contributed by atoms with Crippen molar-refractivity contribution in [1.82, 2.24) is 16.2 Å². The lowest BCUT2D eigenvalue weighted by molar-refractivity contribution is -0.120. The SMILES string of the molecule is O=C(CNC(=O)c1ccc(Oc2ccccc2)cc1)NNC(=O)c1ccccc1F. The van der Waals surface area contributed by atoms with Crippen LogP contribution < -0.4 is 20.9 Å². The van der Waals surface area contributed by atoms with Gasteiger partial charge in [0.05, 0.1) is 12.1 Å². The Bertz CT molecular complexity index is 1040. The molecule has 0 heterocycles. The van der Waals surface area contributed by atoms with Crippen molar-refractivity contribution in [2.45, 2.75) is 0 Å². The van der Waals surface area contributed by atoms with E-state index in [9.17, 15) is 18.8 Å². The highest BCUT2D eigenvalue weighted by Crippen LogP contribution is 2.21. The zero-order chi connectivity index (χ0) is 21.3. The summed E-state index contributed by atoms with van der Waals surface area (Å²) in [5, 5.41) is 2.43. The maximum atomic E-state index is 13.5. The highest BCUT2D eigenvalue weighted by atomic mass is 19.1. The summed E-state index contributed by atoms with van der Waals surface area (Å²) in [7, 11) is 0. The van der Waals surface area contributed by atoms with E-state index < -0.39 is 23.5 Å². The number of nitrogens with one attached hydrogen (secondary N) is 3. The fourth-order valence-electron chi connectivity index (χ4n) is 2.44. The number of hydrazine groups is 1. The van der Waals surface area contributed by atoms with Gasteiger partial charge < -0.3 is 10.1 Å². The van der Waals surface area contributed by atoms with Crippen LogP contribution in [0.3, 0.4) is 0 Å². The first-order chi connectivity index (χ1) is 14.5. The van der Waals surface area contributed by atoms with Gasteiger partial charge in [-0.2, -0.15) is 0 Å². The monoisotopic (exact) mass is 407 g/mol. The first-order valence-corrected chi connectivity index (χ1v) is 8.98. The molecule has 0 bridgehead atoms. The van der Waals surface area contributed by atoms with Crippen LogP contribution in [-0.2, 0) is 4.79 Å². The third-order valence-corrected chi connectivity index (χ3v) is 3.94. The molecule has 7 nitrogen and oxygen atoms in total. The van der Waals surface area contributed by atoms with E-state index in [0.717, 1.165) is 6.07 Å². The summed E-state index contributed by atoms with van der Waals surface area (Å²) in [6.45, 7) is -0.376. The number of carbonyl (C=O) groups excluding carboxylic acids is 3. The molecule has 8 heteroatoms. The van der Waals surface area contributed by atoms with Gasteiger partial charge in [-0.3, -0.25) is 25.2 Å². The Morgan fingerprint density at radius 3 is 2.07 bits per heavy atom. The third-order valence-electron chi connectivity index (χ3n) is 3.94. The molecule has 0 unspecified atom stereocenters. The van der Waals surface area contributed by atoms with Crippen molar-refractivity contribution in [1.29, 1.82) is 0 Å². The molecule has 0 radical (unpaired) electrons. The van der Waals surface area contributed by atoms with E-state index in [2.05, 4.69) is 16.2 Å². The molecule has 0 atom stereocenters. The maximum absolute atomic E-state index is 13.5. The predicted molar refractivity (Wildman–Crippen MR) is 107 cm³/mol. The van der Waals surface area contributed by atoms with Crippen LogP contribution in [-0.4, -0.2) is 24.3 Å². The van der Waals surface area contributed by atoms with Gasteiger partial charge in [0.25, 0.3) is 17.7 Å². The first kappa shape index (κ1) is 20.5. The van der Waals surface area contributed by atoms with Crippen molar-refractivity contribution in [3.63, 3.8) is 0 Å². The molecule has 30 heavy (non-hydrogen) atoms. The number of hydrogen-bond donors (Lipinski definition) is 3. The Morgan fingerprint density at radius 2 is 1.37 bits per heavy atom. The topological polar surface area (TPSA) is 96.5 Å². The normalized spacial score (nSPS) is 10.0. The van der Waals surface area contributed by atoms with E-state index in [1.54, 1.807) is 24.3 Å². The quantitative estimate of drug-likeness (QED) is 0.548. The standard InChI is InChI=1S/C22H18FN3O4/c23-19-9-5-4-8-18(19)22(29)26-25-20(27)14-24-21(28)15-10-12-17(13-11-15)30-16-6-2-1-3-7-16/h1-13H,14H2,(H,24,28)(H,25,27)(H,26,29). The minimum atomic E-state index is -0.804. The van der Waals surface area contributed by atoms with Gasteiger partial charge in [-0.25, -0.2) is 4.39 Å². The van der Waals surface area contributed by atoms with Crippen LogP contribution in [0, 0.1) is 5.82 Å². The van der Waals surface area contributed by atoms with Gasteiger partial charge in [-0.1, -0.05) is 30.3 Å². The number of benzene rings is 3. The van der Waals surface area contributed by atoms with Crippen molar-refractivity contribution in [2.24, 2.45) is 0 Å². The summed E-state index contributed by atoms with van der Waals surface area (Å²) in [4.78, 5) is 35.8. The van der Waals surface area contributed by atoms with Gasteiger partial charge >= 0.3 is 0 Å². The van der Waals surface area contributed by atoms with E-state index in [1.165, 1.54) is 18.2 Å². The van der Waals surface area contributed by atoms with E-state index in [0.29, 0.717) is 17.1 Å². The maximum Gasteiger partial charge on any atom is 0.272 e. The number of amides is 3. The molecule has 0 spiro atoms. The van der Waals surface area contributed by atoms with Crippen molar-refractivity contribution in [3.8, 4) is 11.5 Å². The van der Waals surface area contributed by atoms with Gasteiger partial charge in [0.2, 0.25) is 0 Å². The average Bonchev–Trinajstić information content (AvgIpc) is 2.77. The number of ether oxygens (including phenoxy) is 1. The van der Waals surface area contributed by atoms with E-state index in [4.69, 9.17) is 4.74 Å². The Labute approximate surface area is 171 Å². The van der Waals surface area contributed by atoms with Crippen LogP contribution >= 0.6 is 0 Å². The summed E-state index contributed by atoms with van der Waals surface area (Å²) in [6.07, 6.45) is 0. The van der Waals surface area contributed by atoms with Gasteiger partial charge in [0, 0.05) is 5.56 Å². The van der Waals surface area contributed by atoms with Crippen LogP contribution in [0.2, 0.25) is 0 Å². The second kappa shape index (κ2) is 9.83. The number of halogens is 1. The van der Waals surface area contributed by atoms with E-state index >= 15 is 0 Å². The Balaban J connectivity index is 1.45. The zero-order valence-corrected chi connectivity index (χ0v) is 15.7. The van der Waals surface area contributed by atoms with Crippen molar-refractivity contribution < 1.29 is 23.5 Å². The molecule has 3 amide bonds. The zero-order valence-electron chi connectivity index (χ0n) is 15.7. The van der Waals surface area contributed by atoms with Crippen LogP contribution in [0.4, 0.5) is 4.39 Å². The smallest absolute Gasteiger partial charge is 0.272 e. The number of hydrogen-bond acceptors (Lipinski definition) is 4. The molecule has 0 aliphatic rings. The lowest BCUT2D eigenvalue weighted by Gasteiger charge is -2.09. The Hall–Kier alpha value is -4.20. The molecule has 0 aliphatic carbocycles. The fourth-order valence-corrected chi connectivity index (χ4v) is 2.44. The van der Waals surface area contributed by atoms with E-state index in [1.807, 2.05) is 30.3 Å². The molecule has 3 N–H and O–H groups in total. The number of para-hydroxylation sites is 1. The largest absolute Gasteiger partial charge is 0.457 e. The summed E-state index contributed by atoms with van der Waals surface area (Å²) in [5.74, 6) is -1.43. The van der Waals surface area contributed by atoms with Crippen LogP contribution in [0.5, 0.6) is 11.5 Å². The van der Waals surface area contributed by atoms with Crippen LogP contribution in [0.15, 0.2) is 78.9 Å². The Morgan fingerprint density at radius 1 is 0.733 bits per heavy atom. The minimum Gasteiger partial charge on any atom is -0.457 e. The fraction of sp³-hybridized carbons (Fsp3) is 0.0455. The van der Waals surface area contributed by atoms with Crippen molar-refractivity contribution >= 4 is 17.7 Å². The molecular weight excluding hydrogens is 389 g/mol. The lowest BCUT2D eigenvalue weighted by Crippen LogP contribution is -2.46. The van der Waals surface area contributed by atoms with Gasteiger partial charge in [-0.15, -0.1) is 0 Å². The number of carbonyl (C=O) groups is 3. The second-order valence-corrected chi connectivity index (χ2v) is 6.10. The highest BCUT2D eigenvalue weighted by Gasteiger charge is 2.12. The lowest BCUT2D eigenvalue weighted by atomic mass is 10.2. The third kappa shape index (κ3) is 5.65. The minimum absolute atomic E-state index is 0.209. The highest BCUT2D eigenvalue weighted by molar-refractivity contribution is 5.98. The Kier molecular flexibility index (Phi) is 6.73. The average molecular weight is 407 g/mol. The van der Waals surface area contributed by atoms with Gasteiger partial charge in [0.15, 0.2) is 0 Å². The summed E-state index contributed by atoms with van der Waals surface area (Å²) in [5.41, 5.74) is 4.32. The molecule has 152 valence electrons. The molecule has 0 saturated heterocycles. The first-order valence-electron chi connectivity index (χ1n) is 8.98. The second-order valence-electron chi connectivity index (χ2n) is 6.10. The van der Waals surface area contributed by atoms with E-state index in [-0.39, 0.29) is 12.1 Å². The van der Waals surface area contributed by atoms with Crippen LogP contribution in [0.25, 0.3) is 0 Å². The predicted octanol–water partition coefficient (Wildman–Crippen LogP) is 2.81. The molecule has 0 fully saturated rings. The van der Waals surface area contributed by atoms with Crippen molar-refractivity contribution in [3.05, 3.63) is 95.8 Å². The summed E-state index contributed by atoms with van der Waals surface area (Å²) >= 11 is 0. The number of rotatable bonds is 6. The molecule has 3 rings (SSSR count). The van der Waals surface area contributed by atoms with Crippen molar-refractivity contribution in [2.75, 3.05) is 6.54 Å². The molecule has 3 aromatic rings. The van der Waals surface area contributed by atoms with Gasteiger partial charge in [0.1, 0.15) is 17.3 Å². The van der Waals surface area contributed by atoms with Crippen LogP contribution in [0.1, 0.15) is 20.7 Å². The molecule has 3 aromatic carbocycles. The molecule has 0 aliphatic heterocycles.